The molecule has 15 nitrogen and oxygen atoms in total. The number of fused-ring (bicyclic) bond motifs is 3. The number of carbonyl (C=O) groups excluding carboxylic acids is 2. The highest BCUT2D eigenvalue weighted by atomic mass is 32.1. The molecule has 4 saturated heterocycles. The van der Waals surface area contributed by atoms with Crippen LogP contribution in [-0.2, 0) is 9.59 Å². The summed E-state index contributed by atoms with van der Waals surface area (Å²) < 4.78 is 1.76. The van der Waals surface area contributed by atoms with Crippen LogP contribution in [0.25, 0.3) is 27.5 Å². The number of pyridine rings is 2. The smallest absolute Gasteiger partial charge is 0.234 e. The van der Waals surface area contributed by atoms with E-state index in [-0.39, 0.29) is 17.7 Å². The molecule has 2 bridgehead atoms. The fourth-order valence-corrected chi connectivity index (χ4v) is 9.72. The third-order valence-corrected chi connectivity index (χ3v) is 12.9. The fourth-order valence-electron chi connectivity index (χ4n) is 8.83. The van der Waals surface area contributed by atoms with Crippen LogP contribution in [0.15, 0.2) is 55.0 Å². The van der Waals surface area contributed by atoms with Crippen molar-refractivity contribution in [1.82, 2.24) is 40.0 Å². The van der Waals surface area contributed by atoms with E-state index in [4.69, 9.17) is 9.97 Å². The van der Waals surface area contributed by atoms with Crippen molar-refractivity contribution >= 4 is 45.3 Å². The van der Waals surface area contributed by atoms with Crippen molar-refractivity contribution < 1.29 is 9.59 Å². The Labute approximate surface area is 334 Å². The molecule has 2 unspecified atom stereocenters. The molecule has 57 heavy (non-hydrogen) atoms. The Morgan fingerprint density at radius 3 is 2.46 bits per heavy atom. The first-order valence-electron chi connectivity index (χ1n) is 19.6. The van der Waals surface area contributed by atoms with Gasteiger partial charge in [0, 0.05) is 69.3 Å². The molecule has 9 rings (SSSR count). The highest BCUT2D eigenvalue weighted by Gasteiger charge is 2.42. The number of carbonyl (C=O) groups is 2. The third kappa shape index (κ3) is 7.27. The van der Waals surface area contributed by atoms with Gasteiger partial charge in [0.25, 0.3) is 0 Å². The molecule has 5 aromatic rings. The summed E-state index contributed by atoms with van der Waals surface area (Å²) in [5, 5.41) is 40.5. The summed E-state index contributed by atoms with van der Waals surface area (Å²) >= 11 is 1.56. The Morgan fingerprint density at radius 1 is 0.930 bits per heavy atom. The number of piperazine rings is 1. The number of aromatic nitrogens is 6. The number of imide groups is 1. The van der Waals surface area contributed by atoms with E-state index in [0.29, 0.717) is 42.1 Å². The minimum absolute atomic E-state index is 0.202. The maximum absolute atomic E-state index is 12.3. The highest BCUT2D eigenvalue weighted by molar-refractivity contribution is 7.18. The molecule has 0 aromatic carbocycles. The first-order valence-corrected chi connectivity index (χ1v) is 20.4. The molecule has 4 fully saturated rings. The minimum atomic E-state index is -0.851. The number of nitrogens with zero attached hydrogens (tertiary/aromatic N) is 11. The number of piperidine rings is 2. The van der Waals surface area contributed by atoms with Crippen LogP contribution in [0.3, 0.4) is 0 Å². The molecule has 4 aliphatic rings. The van der Waals surface area contributed by atoms with Gasteiger partial charge in [-0.05, 0) is 87.8 Å². The van der Waals surface area contributed by atoms with Gasteiger partial charge in [-0.15, -0.1) is 10.2 Å². The zero-order valence-corrected chi connectivity index (χ0v) is 32.7. The number of anilines is 3. The van der Waals surface area contributed by atoms with E-state index in [0.717, 1.165) is 89.5 Å². The van der Waals surface area contributed by atoms with Gasteiger partial charge in [0.1, 0.15) is 17.4 Å². The van der Waals surface area contributed by atoms with Crippen molar-refractivity contribution in [2.45, 2.75) is 75.9 Å². The van der Waals surface area contributed by atoms with Crippen molar-refractivity contribution in [2.24, 2.45) is 5.92 Å². The molecular formula is C41H43N13O2S. The Bertz CT molecular complexity index is 2410. The van der Waals surface area contributed by atoms with Gasteiger partial charge in [0.05, 0.1) is 46.2 Å². The Balaban J connectivity index is 0.845. The number of hydrogen-bond donors (Lipinski definition) is 2. The lowest BCUT2D eigenvalue weighted by Gasteiger charge is -2.43. The van der Waals surface area contributed by atoms with Gasteiger partial charge in [-0.1, -0.05) is 17.4 Å². The highest BCUT2D eigenvalue weighted by Crippen LogP contribution is 2.40. The molecule has 290 valence electrons. The van der Waals surface area contributed by atoms with E-state index in [1.54, 1.807) is 34.3 Å². The lowest BCUT2D eigenvalue weighted by molar-refractivity contribution is -0.134. The summed E-state index contributed by atoms with van der Waals surface area (Å²) in [6, 6.07) is 17.0. The Kier molecular flexibility index (Phi) is 9.54. The molecule has 0 saturated carbocycles. The first kappa shape index (κ1) is 36.7. The van der Waals surface area contributed by atoms with Crippen LogP contribution >= 0.6 is 11.3 Å². The van der Waals surface area contributed by atoms with E-state index in [1.807, 2.05) is 44.2 Å². The van der Waals surface area contributed by atoms with Gasteiger partial charge in [0.2, 0.25) is 16.9 Å². The van der Waals surface area contributed by atoms with Crippen LogP contribution < -0.4 is 20.4 Å². The molecule has 0 aliphatic carbocycles. The van der Waals surface area contributed by atoms with Gasteiger partial charge < -0.3 is 15.1 Å². The van der Waals surface area contributed by atoms with Crippen LogP contribution in [0.1, 0.15) is 69.4 Å². The van der Waals surface area contributed by atoms with Crippen LogP contribution in [0.2, 0.25) is 0 Å². The molecular weight excluding hydrogens is 739 g/mol. The first-order chi connectivity index (χ1) is 27.6. The predicted molar refractivity (Wildman–Crippen MR) is 215 cm³/mol. The minimum Gasteiger partial charge on any atom is -0.367 e. The van der Waals surface area contributed by atoms with E-state index in [1.165, 1.54) is 19.0 Å². The van der Waals surface area contributed by atoms with Gasteiger partial charge in [-0.25, -0.2) is 9.50 Å². The van der Waals surface area contributed by atoms with Gasteiger partial charge >= 0.3 is 0 Å². The SMILES string of the molecule is CC(C)(C#N)Nc1cc(-c2ccc3cc(C#N)cnn23)ncc1-c1nnc(N2CC3CCC(C2)N3CC2CCN(c3ccc([C@@H]4CCC(=O)NC4=O)cn3)CC2)s1. The summed E-state index contributed by atoms with van der Waals surface area (Å²) in [5.41, 5.74) is 4.24. The average molecular weight is 782 g/mol. The molecule has 16 heteroatoms. The largest absolute Gasteiger partial charge is 0.367 e. The second kappa shape index (κ2) is 14.8. The van der Waals surface area contributed by atoms with Gasteiger partial charge in [0.15, 0.2) is 5.01 Å². The summed E-state index contributed by atoms with van der Waals surface area (Å²) in [5.74, 6) is 0.825. The number of amides is 2. The Hall–Kier alpha value is -5.97. The van der Waals surface area contributed by atoms with E-state index < -0.39 is 5.54 Å². The zero-order valence-electron chi connectivity index (χ0n) is 31.9. The second-order valence-corrected chi connectivity index (χ2v) is 17.1. The average Bonchev–Trinajstić information content (AvgIpc) is 3.93. The van der Waals surface area contributed by atoms with Crippen LogP contribution in [-0.4, -0.2) is 96.8 Å². The summed E-state index contributed by atoms with van der Waals surface area (Å²) in [7, 11) is 0. The number of nitriles is 2. The maximum Gasteiger partial charge on any atom is 0.234 e. The molecule has 0 spiro atoms. The summed E-state index contributed by atoms with van der Waals surface area (Å²) in [4.78, 5) is 40.9. The molecule has 2 N–H and O–H groups in total. The van der Waals surface area contributed by atoms with Crippen molar-refractivity contribution in [3.8, 4) is 34.1 Å². The zero-order chi connectivity index (χ0) is 39.3. The summed E-state index contributed by atoms with van der Waals surface area (Å²) in [6.07, 6.45) is 10.6. The molecule has 9 heterocycles. The van der Waals surface area contributed by atoms with Gasteiger partial charge in [-0.3, -0.25) is 24.8 Å². The quantitative estimate of drug-likeness (QED) is 0.191. The Morgan fingerprint density at radius 2 is 1.74 bits per heavy atom. The van der Waals surface area contributed by atoms with Crippen molar-refractivity contribution in [3.05, 3.63) is 66.1 Å². The van der Waals surface area contributed by atoms with Gasteiger partial charge in [-0.2, -0.15) is 15.6 Å². The summed E-state index contributed by atoms with van der Waals surface area (Å²) in [6.45, 7) is 8.52. The topological polar surface area (TPSA) is 184 Å². The number of hydrogen-bond acceptors (Lipinski definition) is 14. The fraction of sp³-hybridized carbons (Fsp3) is 0.439. The van der Waals surface area contributed by atoms with Crippen LogP contribution in [0.5, 0.6) is 0 Å². The van der Waals surface area contributed by atoms with E-state index in [2.05, 4.69) is 52.8 Å². The number of rotatable bonds is 9. The molecule has 2 amide bonds. The second-order valence-electron chi connectivity index (χ2n) is 16.1. The predicted octanol–water partition coefficient (Wildman–Crippen LogP) is 4.99. The van der Waals surface area contributed by atoms with Crippen LogP contribution in [0.4, 0.5) is 16.6 Å². The third-order valence-electron chi connectivity index (χ3n) is 11.9. The van der Waals surface area contributed by atoms with Crippen molar-refractivity contribution in [3.63, 3.8) is 0 Å². The monoisotopic (exact) mass is 781 g/mol. The van der Waals surface area contributed by atoms with E-state index in [9.17, 15) is 20.1 Å². The standard InChI is InChI=1S/C41H43N13O2S/c1-41(2,24-43)48-33-16-34(35-8-6-28-15-26(17-42)18-46-54(28)35)44-20-32(33)39-49-50-40(57-39)52-22-29-4-5-30(23-52)53(29)21-25-11-13-51(14-12-25)36-9-3-27(19-45-36)31-7-10-37(55)47-38(31)56/h3,6,8-9,15-16,18-20,25,29-31H,4-5,7,10-14,21-23H2,1-2H3,(H,44,48)(H,47,55,56)/t29?,30?,31-/m0/s1. The van der Waals surface area contributed by atoms with Crippen LogP contribution in [0, 0.1) is 28.6 Å². The van der Waals surface area contributed by atoms with E-state index >= 15 is 0 Å². The number of nitrogens with one attached hydrogen (secondary N) is 2. The van der Waals surface area contributed by atoms with Crippen molar-refractivity contribution in [1.29, 1.82) is 10.5 Å². The normalized spacial score (nSPS) is 21.7. The lowest BCUT2D eigenvalue weighted by Crippen LogP contribution is -2.55. The molecule has 0 radical (unpaired) electrons. The maximum atomic E-state index is 12.3. The van der Waals surface area contributed by atoms with Crippen molar-refractivity contribution in [2.75, 3.05) is 47.8 Å². The molecule has 5 aromatic heterocycles. The lowest BCUT2D eigenvalue weighted by atomic mass is 9.91. The molecule has 3 atom stereocenters. The molecule has 4 aliphatic heterocycles.